The topological polar surface area (TPSA) is 120 Å². The molecule has 4 N–H and O–H groups in total. The van der Waals surface area contributed by atoms with Crippen LogP contribution in [0.1, 0.15) is 32.6 Å². The van der Waals surface area contributed by atoms with Gasteiger partial charge in [0, 0.05) is 17.1 Å². The Balaban J connectivity index is 1.34. The van der Waals surface area contributed by atoms with E-state index in [-0.39, 0.29) is 11.9 Å². The zero-order chi connectivity index (χ0) is 22.7. The van der Waals surface area contributed by atoms with E-state index >= 15 is 0 Å². The Labute approximate surface area is 185 Å². The summed E-state index contributed by atoms with van der Waals surface area (Å²) in [5.41, 5.74) is 0.849. The Morgan fingerprint density at radius 3 is 2.00 bits per heavy atom. The lowest BCUT2D eigenvalue weighted by Gasteiger charge is -2.23. The molecule has 9 nitrogen and oxygen atoms in total. The molecule has 1 heterocycles. The predicted molar refractivity (Wildman–Crippen MR) is 120 cm³/mol. The van der Waals surface area contributed by atoms with Crippen LogP contribution in [0, 0.1) is 0 Å². The van der Waals surface area contributed by atoms with Gasteiger partial charge in [0.05, 0.1) is 0 Å². The van der Waals surface area contributed by atoms with Crippen molar-refractivity contribution in [3.05, 3.63) is 54.6 Å². The Hall–Kier alpha value is -3.88. The molecule has 1 saturated carbocycles. The maximum Gasteiger partial charge on any atom is 0.325 e. The van der Waals surface area contributed by atoms with Crippen molar-refractivity contribution < 1.29 is 19.2 Å². The molecule has 1 aliphatic heterocycles. The fourth-order valence-corrected chi connectivity index (χ4v) is 4.13. The van der Waals surface area contributed by atoms with Crippen molar-refractivity contribution in [1.29, 1.82) is 0 Å². The maximum atomic E-state index is 12.8. The molecule has 1 aliphatic carbocycles. The lowest BCUT2D eigenvalue weighted by atomic mass is 9.97. The second kappa shape index (κ2) is 8.70. The van der Waals surface area contributed by atoms with Crippen molar-refractivity contribution in [2.45, 2.75) is 44.2 Å². The monoisotopic (exact) mass is 435 g/mol. The number of para-hydroxylation sites is 1. The van der Waals surface area contributed by atoms with E-state index in [1.807, 2.05) is 18.2 Å². The van der Waals surface area contributed by atoms with Crippen molar-refractivity contribution in [3.63, 3.8) is 0 Å². The van der Waals surface area contributed by atoms with Gasteiger partial charge in [0.2, 0.25) is 5.91 Å². The molecule has 9 heteroatoms. The van der Waals surface area contributed by atoms with Crippen molar-refractivity contribution in [1.82, 2.24) is 10.2 Å². The molecule has 0 bridgehead atoms. The minimum absolute atomic E-state index is 0.327. The number of hydrogen-bond acceptors (Lipinski definition) is 4. The van der Waals surface area contributed by atoms with Gasteiger partial charge in [0.1, 0.15) is 11.6 Å². The van der Waals surface area contributed by atoms with Crippen LogP contribution in [0.15, 0.2) is 54.6 Å². The van der Waals surface area contributed by atoms with E-state index in [1.54, 1.807) is 36.4 Å². The molecule has 2 fully saturated rings. The maximum absolute atomic E-state index is 12.8. The van der Waals surface area contributed by atoms with Gasteiger partial charge in [-0.3, -0.25) is 9.59 Å². The van der Waals surface area contributed by atoms with Crippen LogP contribution in [-0.2, 0) is 9.59 Å². The van der Waals surface area contributed by atoms with Gasteiger partial charge in [0.15, 0.2) is 0 Å². The number of urea groups is 2. The summed E-state index contributed by atoms with van der Waals surface area (Å²) in [6.45, 7) is 1.53. The summed E-state index contributed by atoms with van der Waals surface area (Å²) in [6.07, 6.45) is 2.97. The standard InChI is InChI=1S/C23H25N5O4/c1-15(28-20(30)23(27-22(28)32)13-5-6-14-23)19(29)24-17-9-11-18(12-10-17)26-21(31)25-16-7-3-2-4-8-16/h2-4,7-12,15H,5-6,13-14H2,1H3,(H,24,29)(H,27,32)(H2,25,26,31). The summed E-state index contributed by atoms with van der Waals surface area (Å²) < 4.78 is 0. The second-order valence-electron chi connectivity index (χ2n) is 8.08. The molecule has 0 radical (unpaired) electrons. The van der Waals surface area contributed by atoms with E-state index < -0.39 is 23.5 Å². The van der Waals surface area contributed by atoms with Crippen molar-refractivity contribution in [2.24, 2.45) is 0 Å². The number of benzene rings is 2. The van der Waals surface area contributed by atoms with Gasteiger partial charge < -0.3 is 21.3 Å². The first-order valence-electron chi connectivity index (χ1n) is 10.6. The molecular formula is C23H25N5O4. The first-order valence-corrected chi connectivity index (χ1v) is 10.6. The molecule has 1 saturated heterocycles. The zero-order valence-corrected chi connectivity index (χ0v) is 17.7. The minimum atomic E-state index is -0.947. The molecular weight excluding hydrogens is 410 g/mol. The molecule has 1 spiro atoms. The summed E-state index contributed by atoms with van der Waals surface area (Å²) in [5, 5.41) is 10.9. The minimum Gasteiger partial charge on any atom is -0.324 e. The molecule has 6 amide bonds. The highest BCUT2D eigenvalue weighted by molar-refractivity contribution is 6.11. The van der Waals surface area contributed by atoms with E-state index in [2.05, 4.69) is 21.3 Å². The van der Waals surface area contributed by atoms with Crippen LogP contribution in [0.2, 0.25) is 0 Å². The smallest absolute Gasteiger partial charge is 0.324 e. The predicted octanol–water partition coefficient (Wildman–Crippen LogP) is 3.52. The van der Waals surface area contributed by atoms with Gasteiger partial charge in [-0.2, -0.15) is 0 Å². The summed E-state index contributed by atoms with van der Waals surface area (Å²) in [6, 6.07) is 13.7. The molecule has 1 atom stereocenters. The van der Waals surface area contributed by atoms with Gasteiger partial charge in [0.25, 0.3) is 5.91 Å². The average Bonchev–Trinajstić information content (AvgIpc) is 3.34. The van der Waals surface area contributed by atoms with E-state index in [9.17, 15) is 19.2 Å². The number of amides is 6. The molecule has 166 valence electrons. The average molecular weight is 435 g/mol. The second-order valence-corrected chi connectivity index (χ2v) is 8.08. The zero-order valence-electron chi connectivity index (χ0n) is 17.7. The van der Waals surface area contributed by atoms with E-state index in [0.717, 1.165) is 17.7 Å². The number of nitrogens with zero attached hydrogens (tertiary/aromatic N) is 1. The third-order valence-electron chi connectivity index (χ3n) is 5.86. The van der Waals surface area contributed by atoms with Crippen LogP contribution in [0.25, 0.3) is 0 Å². The van der Waals surface area contributed by atoms with Gasteiger partial charge in [-0.15, -0.1) is 0 Å². The quantitative estimate of drug-likeness (QED) is 0.537. The van der Waals surface area contributed by atoms with Gasteiger partial charge in [-0.1, -0.05) is 31.0 Å². The van der Waals surface area contributed by atoms with Crippen LogP contribution >= 0.6 is 0 Å². The largest absolute Gasteiger partial charge is 0.325 e. The molecule has 0 aromatic heterocycles. The van der Waals surface area contributed by atoms with Crippen molar-refractivity contribution >= 4 is 40.9 Å². The number of nitrogens with one attached hydrogen (secondary N) is 4. The molecule has 4 rings (SSSR count). The molecule has 2 aliphatic rings. The molecule has 32 heavy (non-hydrogen) atoms. The number of carbonyl (C=O) groups excluding carboxylic acids is 4. The lowest BCUT2D eigenvalue weighted by Crippen LogP contribution is -2.48. The number of anilines is 3. The SMILES string of the molecule is CC(C(=O)Nc1ccc(NC(=O)Nc2ccccc2)cc1)N1C(=O)NC2(CCCC2)C1=O. The van der Waals surface area contributed by atoms with E-state index in [1.165, 1.54) is 6.92 Å². The fraction of sp³-hybridized carbons (Fsp3) is 0.304. The Morgan fingerprint density at radius 2 is 1.41 bits per heavy atom. The number of imide groups is 1. The van der Waals surface area contributed by atoms with Crippen LogP contribution < -0.4 is 21.3 Å². The summed E-state index contributed by atoms with van der Waals surface area (Å²) in [5.74, 6) is -0.794. The highest BCUT2D eigenvalue weighted by Crippen LogP contribution is 2.35. The Kier molecular flexibility index (Phi) is 5.81. The third kappa shape index (κ3) is 4.27. The van der Waals surface area contributed by atoms with Gasteiger partial charge >= 0.3 is 12.1 Å². The molecule has 1 unspecified atom stereocenters. The van der Waals surface area contributed by atoms with Crippen LogP contribution in [0.3, 0.4) is 0 Å². The first-order chi connectivity index (χ1) is 15.4. The van der Waals surface area contributed by atoms with E-state index in [0.29, 0.717) is 29.9 Å². The van der Waals surface area contributed by atoms with Crippen molar-refractivity contribution in [2.75, 3.05) is 16.0 Å². The van der Waals surface area contributed by atoms with Gasteiger partial charge in [-0.25, -0.2) is 14.5 Å². The lowest BCUT2D eigenvalue weighted by molar-refractivity contribution is -0.136. The Bertz CT molecular complexity index is 1030. The summed E-state index contributed by atoms with van der Waals surface area (Å²) >= 11 is 0. The number of carbonyl (C=O) groups is 4. The molecule has 2 aromatic carbocycles. The first kappa shape index (κ1) is 21.4. The van der Waals surface area contributed by atoms with Crippen molar-refractivity contribution in [3.8, 4) is 0 Å². The van der Waals surface area contributed by atoms with Crippen LogP contribution in [0.5, 0.6) is 0 Å². The number of rotatable bonds is 5. The third-order valence-corrected chi connectivity index (χ3v) is 5.86. The summed E-state index contributed by atoms with van der Waals surface area (Å²) in [4.78, 5) is 51.0. The van der Waals surface area contributed by atoms with Crippen LogP contribution in [0.4, 0.5) is 26.7 Å². The number of hydrogen-bond donors (Lipinski definition) is 4. The Morgan fingerprint density at radius 1 is 0.875 bits per heavy atom. The van der Waals surface area contributed by atoms with Gasteiger partial charge in [-0.05, 0) is 56.2 Å². The highest BCUT2D eigenvalue weighted by atomic mass is 16.2. The fourth-order valence-electron chi connectivity index (χ4n) is 4.13. The highest BCUT2D eigenvalue weighted by Gasteiger charge is 2.54. The van der Waals surface area contributed by atoms with Crippen LogP contribution in [-0.4, -0.2) is 40.4 Å². The van der Waals surface area contributed by atoms with E-state index in [4.69, 9.17) is 0 Å². The summed E-state index contributed by atoms with van der Waals surface area (Å²) in [7, 11) is 0. The molecule has 2 aromatic rings. The normalized spacial score (nSPS) is 17.7.